The molecule has 0 aliphatic carbocycles. The second-order valence-corrected chi connectivity index (χ2v) is 15.3. The van der Waals surface area contributed by atoms with Crippen LogP contribution in [0.3, 0.4) is 0 Å². The highest BCUT2D eigenvalue weighted by Crippen LogP contribution is 2.41. The monoisotopic (exact) mass is 753 g/mol. The second-order valence-electron chi connectivity index (χ2n) is 15.3. The van der Waals surface area contributed by atoms with Crippen molar-refractivity contribution in [3.8, 4) is 33.4 Å². The fourth-order valence-corrected chi connectivity index (χ4v) is 8.92. The Kier molecular flexibility index (Phi) is 7.54. The molecule has 59 heavy (non-hydrogen) atoms. The molecule has 276 valence electrons. The van der Waals surface area contributed by atoms with Crippen molar-refractivity contribution in [1.29, 1.82) is 0 Å². The van der Waals surface area contributed by atoms with E-state index in [1.807, 2.05) is 18.2 Å². The van der Waals surface area contributed by atoms with E-state index in [-0.39, 0.29) is 0 Å². The minimum absolute atomic E-state index is 0.889. The van der Waals surface area contributed by atoms with Crippen LogP contribution in [0.15, 0.2) is 221 Å². The normalized spacial score (nSPS) is 11.7. The maximum absolute atomic E-state index is 6.49. The van der Waals surface area contributed by atoms with E-state index in [2.05, 4.69) is 199 Å². The molecular formula is C56H35NO2. The van der Waals surface area contributed by atoms with Crippen LogP contribution in [0.5, 0.6) is 0 Å². The van der Waals surface area contributed by atoms with Gasteiger partial charge in [-0.25, -0.2) is 0 Å². The third-order valence-electron chi connectivity index (χ3n) is 11.9. The average Bonchev–Trinajstić information content (AvgIpc) is 3.87. The zero-order valence-electron chi connectivity index (χ0n) is 32.0. The predicted octanol–water partition coefficient (Wildman–Crippen LogP) is 16.3. The fraction of sp³-hybridized carbons (Fsp3) is 0. The van der Waals surface area contributed by atoms with Crippen molar-refractivity contribution in [3.63, 3.8) is 0 Å². The highest BCUT2D eigenvalue weighted by atomic mass is 16.3. The molecule has 2 heterocycles. The van der Waals surface area contributed by atoms with Gasteiger partial charge < -0.3 is 13.7 Å². The average molecular weight is 754 g/mol. The van der Waals surface area contributed by atoms with E-state index in [1.165, 1.54) is 21.5 Å². The number of benzene rings is 10. The summed E-state index contributed by atoms with van der Waals surface area (Å²) in [6, 6.07) is 75.8. The van der Waals surface area contributed by atoms with Gasteiger partial charge >= 0.3 is 0 Å². The minimum Gasteiger partial charge on any atom is -0.456 e. The van der Waals surface area contributed by atoms with E-state index < -0.39 is 0 Å². The molecule has 0 spiro atoms. The quantitative estimate of drug-likeness (QED) is 0.158. The topological polar surface area (TPSA) is 29.5 Å². The number of rotatable bonds is 6. The summed E-state index contributed by atoms with van der Waals surface area (Å²) in [5, 5.41) is 9.47. The Morgan fingerprint density at radius 1 is 0.271 bits per heavy atom. The number of furan rings is 2. The predicted molar refractivity (Wildman–Crippen MR) is 247 cm³/mol. The molecule has 3 nitrogen and oxygen atoms in total. The van der Waals surface area contributed by atoms with Gasteiger partial charge in [-0.15, -0.1) is 0 Å². The molecule has 0 bridgehead atoms. The van der Waals surface area contributed by atoms with Crippen LogP contribution in [0.25, 0.3) is 98.8 Å². The molecule has 0 unspecified atom stereocenters. The van der Waals surface area contributed by atoms with Gasteiger partial charge in [0.05, 0.1) is 0 Å². The molecule has 0 atom stereocenters. The molecule has 3 heteroatoms. The number of para-hydroxylation sites is 2. The van der Waals surface area contributed by atoms with E-state index in [0.29, 0.717) is 0 Å². The van der Waals surface area contributed by atoms with Gasteiger partial charge in [0.2, 0.25) is 0 Å². The molecule has 0 saturated carbocycles. The van der Waals surface area contributed by atoms with Crippen LogP contribution in [0.4, 0.5) is 17.1 Å². The summed E-state index contributed by atoms with van der Waals surface area (Å²) in [6.07, 6.45) is 0. The summed E-state index contributed by atoms with van der Waals surface area (Å²) < 4.78 is 12.7. The van der Waals surface area contributed by atoms with Crippen molar-refractivity contribution in [2.24, 2.45) is 0 Å². The molecule has 0 saturated heterocycles. The van der Waals surface area contributed by atoms with Gasteiger partial charge in [-0.1, -0.05) is 146 Å². The molecular weight excluding hydrogens is 719 g/mol. The van der Waals surface area contributed by atoms with Gasteiger partial charge in [0.15, 0.2) is 0 Å². The Labute approximate surface area is 340 Å². The molecule has 12 rings (SSSR count). The van der Waals surface area contributed by atoms with Crippen LogP contribution < -0.4 is 4.90 Å². The molecule has 2 aromatic heterocycles. The SMILES string of the molecule is c1ccc(-c2cccc3c2oc2ccc(-c4ccc(N(c5ccc(-c6ccc7c(c6)oc6ccccc67)cc5)c5ccc6c(ccc7ccccc76)c5)cc4)cc23)cc1. The van der Waals surface area contributed by atoms with Gasteiger partial charge in [-0.2, -0.15) is 0 Å². The van der Waals surface area contributed by atoms with Crippen molar-refractivity contribution in [2.75, 3.05) is 4.90 Å². The lowest BCUT2D eigenvalue weighted by Crippen LogP contribution is -2.09. The lowest BCUT2D eigenvalue weighted by atomic mass is 9.99. The molecule has 0 amide bonds. The molecule has 12 aromatic rings. The molecule has 0 radical (unpaired) electrons. The first-order chi connectivity index (χ1) is 29.2. The summed E-state index contributed by atoms with van der Waals surface area (Å²) >= 11 is 0. The van der Waals surface area contributed by atoms with E-state index in [0.717, 1.165) is 94.3 Å². The van der Waals surface area contributed by atoms with Crippen LogP contribution in [0.2, 0.25) is 0 Å². The number of hydrogen-bond donors (Lipinski definition) is 0. The van der Waals surface area contributed by atoms with Gasteiger partial charge in [0, 0.05) is 44.2 Å². The smallest absolute Gasteiger partial charge is 0.143 e. The van der Waals surface area contributed by atoms with Crippen LogP contribution in [0.1, 0.15) is 0 Å². The Morgan fingerprint density at radius 3 is 1.66 bits per heavy atom. The van der Waals surface area contributed by atoms with Gasteiger partial charge in [0.25, 0.3) is 0 Å². The molecule has 10 aromatic carbocycles. The third kappa shape index (κ3) is 5.59. The van der Waals surface area contributed by atoms with Gasteiger partial charge in [-0.3, -0.25) is 0 Å². The van der Waals surface area contributed by atoms with Crippen molar-refractivity contribution < 1.29 is 8.83 Å². The van der Waals surface area contributed by atoms with Crippen LogP contribution in [0, 0.1) is 0 Å². The Hall–Kier alpha value is -7.88. The summed E-state index contributed by atoms with van der Waals surface area (Å²) in [6.45, 7) is 0. The molecule has 0 N–H and O–H groups in total. The highest BCUT2D eigenvalue weighted by Gasteiger charge is 2.17. The first kappa shape index (κ1) is 33.3. The number of fused-ring (bicyclic) bond motifs is 9. The van der Waals surface area contributed by atoms with Gasteiger partial charge in [-0.05, 0) is 116 Å². The highest BCUT2D eigenvalue weighted by molar-refractivity contribution is 6.11. The Bertz CT molecular complexity index is 3540. The Balaban J connectivity index is 0.934. The number of nitrogens with zero attached hydrogens (tertiary/aromatic N) is 1. The number of anilines is 3. The first-order valence-corrected chi connectivity index (χ1v) is 20.1. The summed E-state index contributed by atoms with van der Waals surface area (Å²) in [7, 11) is 0. The molecule has 0 fully saturated rings. The van der Waals surface area contributed by atoms with E-state index >= 15 is 0 Å². The zero-order chi connectivity index (χ0) is 38.9. The van der Waals surface area contributed by atoms with Crippen LogP contribution >= 0.6 is 0 Å². The van der Waals surface area contributed by atoms with Gasteiger partial charge in [0.1, 0.15) is 22.3 Å². The lowest BCUT2D eigenvalue weighted by molar-refractivity contribution is 0.669. The first-order valence-electron chi connectivity index (χ1n) is 20.1. The van der Waals surface area contributed by atoms with Crippen molar-refractivity contribution >= 4 is 82.5 Å². The fourth-order valence-electron chi connectivity index (χ4n) is 8.92. The van der Waals surface area contributed by atoms with E-state index in [4.69, 9.17) is 8.83 Å². The van der Waals surface area contributed by atoms with E-state index in [1.54, 1.807) is 0 Å². The lowest BCUT2D eigenvalue weighted by Gasteiger charge is -2.26. The van der Waals surface area contributed by atoms with Crippen molar-refractivity contribution in [3.05, 3.63) is 212 Å². The van der Waals surface area contributed by atoms with Crippen LogP contribution in [-0.4, -0.2) is 0 Å². The standard InChI is InChI=1S/C56H35NO2/c1-2-9-38(10-3-1)48-14-8-15-51-52-34-40(24-32-54(52)59-56(48)51)36-19-25-43(26-20-36)57(45-29-31-47-42(33-45)18-17-39-11-4-5-12-46(39)47)44-27-21-37(22-28-44)41-23-30-50-49-13-6-7-16-53(49)58-55(50)35-41/h1-35H. The zero-order valence-corrected chi connectivity index (χ0v) is 32.0. The second kappa shape index (κ2) is 13.4. The minimum atomic E-state index is 0.889. The summed E-state index contributed by atoms with van der Waals surface area (Å²) in [4.78, 5) is 2.35. The van der Waals surface area contributed by atoms with Crippen molar-refractivity contribution in [1.82, 2.24) is 0 Å². The molecule has 0 aliphatic rings. The third-order valence-corrected chi connectivity index (χ3v) is 11.9. The van der Waals surface area contributed by atoms with Crippen molar-refractivity contribution in [2.45, 2.75) is 0 Å². The van der Waals surface area contributed by atoms with Crippen LogP contribution in [-0.2, 0) is 0 Å². The summed E-state index contributed by atoms with van der Waals surface area (Å²) in [5.41, 5.74) is 13.7. The maximum atomic E-state index is 6.49. The largest absolute Gasteiger partial charge is 0.456 e. The van der Waals surface area contributed by atoms with E-state index in [9.17, 15) is 0 Å². The maximum Gasteiger partial charge on any atom is 0.143 e. The molecule has 0 aliphatic heterocycles. The number of hydrogen-bond acceptors (Lipinski definition) is 3. The Morgan fingerprint density at radius 2 is 0.847 bits per heavy atom. The summed E-state index contributed by atoms with van der Waals surface area (Å²) in [5.74, 6) is 0.